The molecule has 2 N–H and O–H groups in total. The monoisotopic (exact) mass is 279 g/mol. The van der Waals surface area contributed by atoms with Crippen LogP contribution in [0.2, 0.25) is 0 Å². The summed E-state index contributed by atoms with van der Waals surface area (Å²) in [5.74, 6) is 5.05. The van der Waals surface area contributed by atoms with E-state index < -0.39 is 6.10 Å². The van der Waals surface area contributed by atoms with Gasteiger partial charge in [-0.2, -0.15) is 0 Å². The normalized spacial score (nSPS) is 11.8. The summed E-state index contributed by atoms with van der Waals surface area (Å²) < 4.78 is 5.50. The van der Waals surface area contributed by atoms with Crippen molar-refractivity contribution in [2.75, 3.05) is 31.2 Å². The third-order valence-corrected chi connectivity index (χ3v) is 3.32. The van der Waals surface area contributed by atoms with Crippen molar-refractivity contribution in [3.05, 3.63) is 29.8 Å². The molecule has 1 aromatic carbocycles. The second-order valence-electron chi connectivity index (χ2n) is 4.24. The summed E-state index contributed by atoms with van der Waals surface area (Å²) in [6.45, 7) is 3.70. The van der Waals surface area contributed by atoms with Gasteiger partial charge in [-0.3, -0.25) is 0 Å². The summed E-state index contributed by atoms with van der Waals surface area (Å²) in [5.41, 5.74) is 1.19. The zero-order valence-corrected chi connectivity index (χ0v) is 12.1. The Morgan fingerprint density at radius 3 is 2.84 bits per heavy atom. The smallest absolute Gasteiger partial charge is 0.119 e. The van der Waals surface area contributed by atoms with Gasteiger partial charge < -0.3 is 15.2 Å². The molecule has 0 fully saturated rings. The number of ether oxygens (including phenoxy) is 1. The van der Waals surface area contributed by atoms with Gasteiger partial charge in [0.15, 0.2) is 0 Å². The minimum absolute atomic E-state index is 0.299. The fourth-order valence-corrected chi connectivity index (χ4v) is 1.98. The fraction of sp³-hybridized carbons (Fsp3) is 0.467. The van der Waals surface area contributed by atoms with Gasteiger partial charge in [-0.1, -0.05) is 23.6 Å². The molecule has 1 rings (SSSR count). The van der Waals surface area contributed by atoms with Crippen LogP contribution in [0.4, 0.5) is 0 Å². The quantitative estimate of drug-likeness (QED) is 0.533. The molecule has 0 aromatic heterocycles. The van der Waals surface area contributed by atoms with Crippen molar-refractivity contribution in [2.24, 2.45) is 0 Å². The van der Waals surface area contributed by atoms with Crippen molar-refractivity contribution in [3.63, 3.8) is 0 Å². The first-order valence-corrected chi connectivity index (χ1v) is 7.47. The van der Waals surface area contributed by atoms with Gasteiger partial charge >= 0.3 is 0 Å². The lowest BCUT2D eigenvalue weighted by molar-refractivity contribution is 0.107. The van der Waals surface area contributed by atoms with Gasteiger partial charge in [-0.25, -0.2) is 0 Å². The number of aliphatic hydroxyl groups excluding tert-OH is 1. The molecule has 3 nitrogen and oxygen atoms in total. The minimum Gasteiger partial charge on any atom is -0.491 e. The molecule has 0 bridgehead atoms. The van der Waals surface area contributed by atoms with Gasteiger partial charge in [0.25, 0.3) is 0 Å². The first-order chi connectivity index (χ1) is 9.22. The van der Waals surface area contributed by atoms with Crippen molar-refractivity contribution in [3.8, 4) is 18.1 Å². The summed E-state index contributed by atoms with van der Waals surface area (Å²) in [6, 6.07) is 7.79. The number of terminal acetylenes is 1. The van der Waals surface area contributed by atoms with Crippen LogP contribution >= 0.6 is 11.8 Å². The molecule has 0 spiro atoms. The SMILES string of the molecule is C#CCSCCNCC(O)COc1ccc(C)cc1. The molecule has 4 heteroatoms. The van der Waals surface area contributed by atoms with Gasteiger partial charge in [0.05, 0.1) is 5.75 Å². The Balaban J connectivity index is 2.06. The highest BCUT2D eigenvalue weighted by atomic mass is 32.2. The third-order valence-electron chi connectivity index (χ3n) is 2.45. The Morgan fingerprint density at radius 1 is 1.42 bits per heavy atom. The van der Waals surface area contributed by atoms with Crippen LogP contribution in [0.3, 0.4) is 0 Å². The topological polar surface area (TPSA) is 41.5 Å². The van der Waals surface area contributed by atoms with E-state index in [1.807, 2.05) is 31.2 Å². The highest BCUT2D eigenvalue weighted by molar-refractivity contribution is 7.99. The zero-order valence-electron chi connectivity index (χ0n) is 11.3. The average Bonchev–Trinajstić information content (AvgIpc) is 2.42. The van der Waals surface area contributed by atoms with E-state index >= 15 is 0 Å². The van der Waals surface area contributed by atoms with Crippen molar-refractivity contribution >= 4 is 11.8 Å². The largest absolute Gasteiger partial charge is 0.491 e. The molecule has 1 aromatic rings. The van der Waals surface area contributed by atoms with Crippen molar-refractivity contribution in [1.82, 2.24) is 5.32 Å². The van der Waals surface area contributed by atoms with Crippen LogP contribution in [0.1, 0.15) is 5.56 Å². The third kappa shape index (κ3) is 7.78. The highest BCUT2D eigenvalue weighted by Gasteiger charge is 2.04. The summed E-state index contributed by atoms with van der Waals surface area (Å²) in [4.78, 5) is 0. The van der Waals surface area contributed by atoms with Crippen molar-refractivity contribution in [1.29, 1.82) is 0 Å². The number of thioether (sulfide) groups is 1. The number of hydrogen-bond donors (Lipinski definition) is 2. The second-order valence-corrected chi connectivity index (χ2v) is 5.34. The van der Waals surface area contributed by atoms with Gasteiger partial charge in [-0.15, -0.1) is 18.2 Å². The number of rotatable bonds is 9. The van der Waals surface area contributed by atoms with E-state index in [0.717, 1.165) is 23.8 Å². The first-order valence-electron chi connectivity index (χ1n) is 6.32. The second kappa shape index (κ2) is 9.74. The van der Waals surface area contributed by atoms with Gasteiger partial charge in [0, 0.05) is 18.8 Å². The number of hydrogen-bond acceptors (Lipinski definition) is 4. The molecule has 0 amide bonds. The van der Waals surface area contributed by atoms with Crippen LogP contribution in [0, 0.1) is 19.3 Å². The number of nitrogens with one attached hydrogen (secondary N) is 1. The summed E-state index contributed by atoms with van der Waals surface area (Å²) in [5, 5.41) is 12.9. The lowest BCUT2D eigenvalue weighted by atomic mass is 10.2. The molecule has 1 unspecified atom stereocenters. The maximum atomic E-state index is 9.74. The molecular weight excluding hydrogens is 258 g/mol. The molecule has 0 aliphatic heterocycles. The lowest BCUT2D eigenvalue weighted by Crippen LogP contribution is -2.32. The number of aryl methyl sites for hydroxylation is 1. The van der Waals surface area contributed by atoms with Crippen LogP contribution in [0.5, 0.6) is 5.75 Å². The molecular formula is C15H21NO2S. The Labute approximate surface area is 119 Å². The van der Waals surface area contributed by atoms with E-state index in [9.17, 15) is 5.11 Å². The van der Waals surface area contributed by atoms with Crippen molar-refractivity contribution in [2.45, 2.75) is 13.0 Å². The van der Waals surface area contributed by atoms with Gasteiger partial charge in [0.2, 0.25) is 0 Å². The summed E-state index contributed by atoms with van der Waals surface area (Å²) >= 11 is 1.70. The molecule has 104 valence electrons. The standard InChI is InChI=1S/C15H21NO2S/c1-3-9-19-10-8-16-11-14(17)12-18-15-6-4-13(2)5-7-15/h1,4-7,14,16-17H,8-12H2,2H3. The zero-order chi connectivity index (χ0) is 13.9. The van der Waals surface area contributed by atoms with E-state index in [1.165, 1.54) is 5.56 Å². The van der Waals surface area contributed by atoms with E-state index in [2.05, 4.69) is 11.2 Å². The molecule has 0 aliphatic rings. The van der Waals surface area contributed by atoms with Gasteiger partial charge in [-0.05, 0) is 19.1 Å². The summed E-state index contributed by atoms with van der Waals surface area (Å²) in [6.07, 6.45) is 4.65. The van der Waals surface area contributed by atoms with E-state index in [-0.39, 0.29) is 0 Å². The predicted octanol–water partition coefficient (Wildman–Crippen LogP) is 1.69. The Morgan fingerprint density at radius 2 is 2.16 bits per heavy atom. The predicted molar refractivity (Wildman–Crippen MR) is 81.7 cm³/mol. The van der Waals surface area contributed by atoms with Crippen LogP contribution in [-0.4, -0.2) is 42.4 Å². The molecule has 1 atom stereocenters. The lowest BCUT2D eigenvalue weighted by Gasteiger charge is -2.13. The molecule has 0 radical (unpaired) electrons. The maximum absolute atomic E-state index is 9.74. The van der Waals surface area contributed by atoms with Crippen molar-refractivity contribution < 1.29 is 9.84 Å². The Kier molecular flexibility index (Phi) is 8.15. The van der Waals surface area contributed by atoms with Crippen LogP contribution in [-0.2, 0) is 0 Å². The number of benzene rings is 1. The molecule has 0 heterocycles. The molecule has 19 heavy (non-hydrogen) atoms. The Bertz CT molecular complexity index is 386. The van der Waals surface area contributed by atoms with E-state index in [1.54, 1.807) is 11.8 Å². The van der Waals surface area contributed by atoms with Crippen LogP contribution < -0.4 is 10.1 Å². The average molecular weight is 279 g/mol. The fourth-order valence-electron chi connectivity index (χ4n) is 1.43. The first kappa shape index (κ1) is 15.9. The Hall–Kier alpha value is -1.15. The van der Waals surface area contributed by atoms with Crippen LogP contribution in [0.15, 0.2) is 24.3 Å². The highest BCUT2D eigenvalue weighted by Crippen LogP contribution is 2.11. The molecule has 0 aliphatic carbocycles. The van der Waals surface area contributed by atoms with Gasteiger partial charge in [0.1, 0.15) is 18.5 Å². The molecule has 0 saturated carbocycles. The minimum atomic E-state index is -0.501. The number of aliphatic hydroxyl groups is 1. The van der Waals surface area contributed by atoms with E-state index in [4.69, 9.17) is 11.2 Å². The molecule has 0 saturated heterocycles. The van der Waals surface area contributed by atoms with E-state index in [0.29, 0.717) is 13.2 Å². The summed E-state index contributed by atoms with van der Waals surface area (Å²) in [7, 11) is 0. The maximum Gasteiger partial charge on any atom is 0.119 e. The van der Waals surface area contributed by atoms with Crippen LogP contribution in [0.25, 0.3) is 0 Å².